The molecule has 3 N–H and O–H groups in total. The molecule has 0 bridgehead atoms. The standard InChI is InChI=1S/C17H15N7S/c1-2-13(14-3-4-15(24-23-14)22-11-7-18-8-11)17-16(19-9-25-17)12(1)10-5-20-21-6-10/h1-6,9,11,18H,7-8H2,(H,20,21)(H,22,24). The van der Waals surface area contributed by atoms with Crippen molar-refractivity contribution in [3.8, 4) is 22.4 Å². The first kappa shape index (κ1) is 14.5. The number of H-pyrrole nitrogens is 1. The van der Waals surface area contributed by atoms with E-state index in [0.717, 1.165) is 51.5 Å². The third-order valence-corrected chi connectivity index (χ3v) is 5.23. The number of nitrogens with zero attached hydrogens (tertiary/aromatic N) is 4. The van der Waals surface area contributed by atoms with Crippen molar-refractivity contribution in [1.82, 2.24) is 30.7 Å². The Morgan fingerprint density at radius 2 is 2.00 bits per heavy atom. The van der Waals surface area contributed by atoms with Crippen molar-refractivity contribution >= 4 is 27.4 Å². The number of benzene rings is 1. The number of aromatic amines is 1. The summed E-state index contributed by atoms with van der Waals surface area (Å²) in [5.41, 5.74) is 6.83. The van der Waals surface area contributed by atoms with Crippen molar-refractivity contribution in [1.29, 1.82) is 0 Å². The minimum absolute atomic E-state index is 0.447. The third kappa shape index (κ3) is 2.55. The first-order valence-electron chi connectivity index (χ1n) is 8.05. The minimum Gasteiger partial charge on any atom is -0.363 e. The fourth-order valence-corrected chi connectivity index (χ4v) is 3.77. The highest BCUT2D eigenvalue weighted by molar-refractivity contribution is 7.17. The third-order valence-electron chi connectivity index (χ3n) is 4.37. The Hall–Kier alpha value is -2.84. The smallest absolute Gasteiger partial charge is 0.148 e. The first-order chi connectivity index (χ1) is 12.4. The second-order valence-corrected chi connectivity index (χ2v) is 6.84. The van der Waals surface area contributed by atoms with Gasteiger partial charge in [-0.1, -0.05) is 12.1 Å². The van der Waals surface area contributed by atoms with Gasteiger partial charge in [-0.2, -0.15) is 5.10 Å². The maximum Gasteiger partial charge on any atom is 0.148 e. The molecule has 5 rings (SSSR count). The van der Waals surface area contributed by atoms with Gasteiger partial charge < -0.3 is 10.6 Å². The molecule has 25 heavy (non-hydrogen) atoms. The minimum atomic E-state index is 0.447. The summed E-state index contributed by atoms with van der Waals surface area (Å²) in [6, 6.07) is 8.58. The Morgan fingerprint density at radius 3 is 2.72 bits per heavy atom. The van der Waals surface area contributed by atoms with Gasteiger partial charge in [-0.05, 0) is 12.1 Å². The Morgan fingerprint density at radius 1 is 1.08 bits per heavy atom. The van der Waals surface area contributed by atoms with Crippen LogP contribution in [0.15, 0.2) is 42.2 Å². The number of hydrogen-bond acceptors (Lipinski definition) is 7. The molecule has 0 atom stereocenters. The SMILES string of the molecule is c1nc2c(-c3cn[nH]c3)ccc(-c3ccc(NC4CNC4)nn3)c2s1. The van der Waals surface area contributed by atoms with Crippen LogP contribution in [0.2, 0.25) is 0 Å². The summed E-state index contributed by atoms with van der Waals surface area (Å²) in [6.45, 7) is 1.95. The normalized spacial score (nSPS) is 14.6. The van der Waals surface area contributed by atoms with Crippen LogP contribution in [0.25, 0.3) is 32.6 Å². The van der Waals surface area contributed by atoms with E-state index in [1.807, 2.05) is 30.0 Å². The molecule has 1 aliphatic heterocycles. The van der Waals surface area contributed by atoms with Crippen LogP contribution < -0.4 is 10.6 Å². The van der Waals surface area contributed by atoms with Crippen LogP contribution in [-0.4, -0.2) is 44.5 Å². The first-order valence-corrected chi connectivity index (χ1v) is 8.93. The summed E-state index contributed by atoms with van der Waals surface area (Å²) in [5.74, 6) is 0.811. The van der Waals surface area contributed by atoms with Crippen molar-refractivity contribution in [2.45, 2.75) is 6.04 Å². The molecule has 1 saturated heterocycles. The molecule has 7 nitrogen and oxygen atoms in total. The molecular weight excluding hydrogens is 334 g/mol. The van der Waals surface area contributed by atoms with Crippen molar-refractivity contribution < 1.29 is 0 Å². The number of hydrogen-bond donors (Lipinski definition) is 3. The van der Waals surface area contributed by atoms with E-state index in [9.17, 15) is 0 Å². The number of anilines is 1. The van der Waals surface area contributed by atoms with Gasteiger partial charge in [0.15, 0.2) is 0 Å². The van der Waals surface area contributed by atoms with E-state index < -0.39 is 0 Å². The zero-order valence-corrected chi connectivity index (χ0v) is 14.0. The molecule has 1 fully saturated rings. The lowest BCUT2D eigenvalue weighted by Crippen LogP contribution is -2.51. The predicted octanol–water partition coefficient (Wildman–Crippen LogP) is 2.53. The molecule has 3 aromatic heterocycles. The molecule has 4 heterocycles. The molecule has 0 spiro atoms. The van der Waals surface area contributed by atoms with Crippen molar-refractivity contribution in [2.75, 3.05) is 18.4 Å². The molecule has 8 heteroatoms. The van der Waals surface area contributed by atoms with E-state index >= 15 is 0 Å². The lowest BCUT2D eigenvalue weighted by molar-refractivity contribution is 0.470. The van der Waals surface area contributed by atoms with Gasteiger partial charge in [-0.25, -0.2) is 4.98 Å². The Bertz CT molecular complexity index is 1000. The average Bonchev–Trinajstić information content (AvgIpc) is 3.29. The molecule has 124 valence electrons. The maximum absolute atomic E-state index is 4.55. The molecule has 0 unspecified atom stereocenters. The van der Waals surface area contributed by atoms with Crippen LogP contribution in [0.4, 0.5) is 5.82 Å². The van der Waals surface area contributed by atoms with Crippen molar-refractivity contribution in [3.05, 3.63) is 42.2 Å². The highest BCUT2D eigenvalue weighted by Crippen LogP contribution is 2.36. The van der Waals surface area contributed by atoms with Gasteiger partial charge in [0, 0.05) is 36.0 Å². The van der Waals surface area contributed by atoms with E-state index in [-0.39, 0.29) is 0 Å². The van der Waals surface area contributed by atoms with Crippen molar-refractivity contribution in [2.24, 2.45) is 0 Å². The monoisotopic (exact) mass is 349 g/mol. The van der Waals surface area contributed by atoms with Crippen LogP contribution in [-0.2, 0) is 0 Å². The second kappa shape index (κ2) is 5.91. The van der Waals surface area contributed by atoms with Gasteiger partial charge in [0.05, 0.1) is 33.7 Å². The predicted molar refractivity (Wildman–Crippen MR) is 98.5 cm³/mol. The lowest BCUT2D eigenvalue weighted by Gasteiger charge is -2.28. The molecule has 0 saturated carbocycles. The quantitative estimate of drug-likeness (QED) is 0.524. The number of thiazole rings is 1. The lowest BCUT2D eigenvalue weighted by atomic mass is 10.0. The van der Waals surface area contributed by atoms with E-state index in [2.05, 4.69) is 48.1 Å². The molecular formula is C17H15N7S. The van der Waals surface area contributed by atoms with Crippen LogP contribution in [0.5, 0.6) is 0 Å². The number of nitrogens with one attached hydrogen (secondary N) is 3. The highest BCUT2D eigenvalue weighted by atomic mass is 32.1. The van der Waals surface area contributed by atoms with E-state index in [1.54, 1.807) is 11.3 Å². The zero-order valence-electron chi connectivity index (χ0n) is 13.2. The number of rotatable bonds is 4. The molecule has 0 amide bonds. The average molecular weight is 349 g/mol. The fraction of sp³-hybridized carbons (Fsp3) is 0.176. The van der Waals surface area contributed by atoms with Crippen LogP contribution in [0.3, 0.4) is 0 Å². The van der Waals surface area contributed by atoms with E-state index in [1.165, 1.54) is 0 Å². The Kier molecular flexibility index (Phi) is 3.43. The summed E-state index contributed by atoms with van der Waals surface area (Å²) >= 11 is 1.61. The summed E-state index contributed by atoms with van der Waals surface area (Å²) in [5, 5.41) is 22.2. The van der Waals surface area contributed by atoms with Gasteiger partial charge in [-0.3, -0.25) is 5.10 Å². The second-order valence-electron chi connectivity index (χ2n) is 5.98. The molecule has 4 aromatic rings. The van der Waals surface area contributed by atoms with Gasteiger partial charge in [0.1, 0.15) is 5.82 Å². The molecule has 1 aromatic carbocycles. The number of aromatic nitrogens is 5. The van der Waals surface area contributed by atoms with Gasteiger partial charge in [0.2, 0.25) is 0 Å². The van der Waals surface area contributed by atoms with E-state index in [4.69, 9.17) is 0 Å². The Labute approximate surface area is 147 Å². The van der Waals surface area contributed by atoms with Crippen LogP contribution in [0.1, 0.15) is 0 Å². The topological polar surface area (TPSA) is 91.4 Å². The largest absolute Gasteiger partial charge is 0.363 e. The highest BCUT2D eigenvalue weighted by Gasteiger charge is 2.17. The van der Waals surface area contributed by atoms with Crippen LogP contribution in [0, 0.1) is 0 Å². The Balaban J connectivity index is 1.52. The summed E-state index contributed by atoms with van der Waals surface area (Å²) in [7, 11) is 0. The molecule has 0 radical (unpaired) electrons. The molecule has 0 aliphatic carbocycles. The van der Waals surface area contributed by atoms with Crippen molar-refractivity contribution in [3.63, 3.8) is 0 Å². The van der Waals surface area contributed by atoms with Gasteiger partial charge >= 0.3 is 0 Å². The fourth-order valence-electron chi connectivity index (χ4n) is 2.94. The number of fused-ring (bicyclic) bond motifs is 1. The van der Waals surface area contributed by atoms with Gasteiger partial charge in [-0.15, -0.1) is 21.5 Å². The summed E-state index contributed by atoms with van der Waals surface area (Å²) in [6.07, 6.45) is 3.69. The molecule has 1 aliphatic rings. The van der Waals surface area contributed by atoms with Gasteiger partial charge in [0.25, 0.3) is 0 Å². The summed E-state index contributed by atoms with van der Waals surface area (Å²) in [4.78, 5) is 4.55. The summed E-state index contributed by atoms with van der Waals surface area (Å²) < 4.78 is 1.11. The van der Waals surface area contributed by atoms with Crippen LogP contribution >= 0.6 is 11.3 Å². The zero-order chi connectivity index (χ0) is 16.6. The van der Waals surface area contributed by atoms with E-state index in [0.29, 0.717) is 6.04 Å². The maximum atomic E-state index is 4.55.